The van der Waals surface area contributed by atoms with Crippen molar-refractivity contribution in [1.29, 1.82) is 0 Å². The van der Waals surface area contributed by atoms with E-state index in [0.717, 1.165) is 5.56 Å². The number of nitrogens with zero attached hydrogens (tertiary/aromatic N) is 2. The van der Waals surface area contributed by atoms with Gasteiger partial charge in [0.15, 0.2) is 11.5 Å². The second-order valence-corrected chi connectivity index (χ2v) is 7.48. The molecule has 2 aromatic rings. The first-order chi connectivity index (χ1) is 15.0. The number of halogens is 3. The van der Waals surface area contributed by atoms with Crippen molar-refractivity contribution in [2.24, 2.45) is 0 Å². The van der Waals surface area contributed by atoms with Crippen LogP contribution in [0.4, 0.5) is 13.6 Å². The van der Waals surface area contributed by atoms with Crippen molar-refractivity contribution in [3.63, 3.8) is 0 Å². The number of hydrogen-bond acceptors (Lipinski definition) is 6. The number of carboxylic acid groups (broad SMARTS) is 1. The van der Waals surface area contributed by atoms with Gasteiger partial charge in [-0.05, 0) is 43.2 Å². The number of amides is 3. The number of aliphatic carboxylic acids is 1. The maximum atomic E-state index is 13.0. The molecule has 0 radical (unpaired) electrons. The fourth-order valence-corrected chi connectivity index (χ4v) is 3.19. The van der Waals surface area contributed by atoms with Crippen LogP contribution in [0.3, 0.4) is 0 Å². The zero-order chi connectivity index (χ0) is 23.6. The van der Waals surface area contributed by atoms with Crippen molar-refractivity contribution in [3.8, 4) is 11.5 Å². The van der Waals surface area contributed by atoms with Gasteiger partial charge in [0, 0.05) is 12.4 Å². The summed E-state index contributed by atoms with van der Waals surface area (Å²) >= 11 is 5.58. The molecule has 4 rings (SSSR count). The molecule has 12 heteroatoms. The number of aryl methyl sites for hydroxylation is 1. The quantitative estimate of drug-likeness (QED) is 0.660. The number of aromatic nitrogens is 1. The Morgan fingerprint density at radius 2 is 1.97 bits per heavy atom. The highest BCUT2D eigenvalue weighted by Gasteiger charge is 2.46. The number of carbonyl (C=O) groups is 3. The van der Waals surface area contributed by atoms with E-state index >= 15 is 0 Å². The smallest absolute Gasteiger partial charge is 0.480 e. The first-order valence-corrected chi connectivity index (χ1v) is 9.67. The largest absolute Gasteiger partial charge is 0.586 e. The molecule has 0 bridgehead atoms. The summed E-state index contributed by atoms with van der Waals surface area (Å²) in [6.45, 7) is 3.51. The fourth-order valence-electron chi connectivity index (χ4n) is 2.96. The molecule has 1 saturated heterocycles. The molecule has 2 N–H and O–H groups in total. The molecule has 2 aliphatic heterocycles. The Hall–Kier alpha value is -3.47. The number of rotatable bonds is 3. The first kappa shape index (κ1) is 23.2. The maximum Gasteiger partial charge on any atom is 0.586 e. The van der Waals surface area contributed by atoms with Crippen LogP contribution in [0, 0.1) is 6.92 Å². The molecule has 2 aliphatic rings. The number of imide groups is 1. The summed E-state index contributed by atoms with van der Waals surface area (Å²) in [5, 5.41) is 12.0. The Morgan fingerprint density at radius 1 is 1.28 bits per heavy atom. The van der Waals surface area contributed by atoms with E-state index < -0.39 is 36.3 Å². The van der Waals surface area contributed by atoms with Gasteiger partial charge in [-0.25, -0.2) is 14.5 Å². The second-order valence-electron chi connectivity index (χ2n) is 7.05. The Kier molecular flexibility index (Phi) is 6.49. The minimum atomic E-state index is -3.74. The predicted octanol–water partition coefficient (Wildman–Crippen LogP) is 3.51. The van der Waals surface area contributed by atoms with Gasteiger partial charge in [0.25, 0.3) is 0 Å². The summed E-state index contributed by atoms with van der Waals surface area (Å²) in [5.41, 5.74) is 1.51. The van der Waals surface area contributed by atoms with Crippen molar-refractivity contribution in [2.75, 3.05) is 0 Å². The van der Waals surface area contributed by atoms with Gasteiger partial charge in [0.2, 0.25) is 5.91 Å². The number of β-lactam (4-membered cyclic amide) rings is 1. The van der Waals surface area contributed by atoms with Crippen molar-refractivity contribution < 1.29 is 37.7 Å². The average Bonchev–Trinajstić information content (AvgIpc) is 2.98. The summed E-state index contributed by atoms with van der Waals surface area (Å²) in [7, 11) is 0. The molecule has 0 aliphatic carbocycles. The predicted molar refractivity (Wildman–Crippen MR) is 106 cm³/mol. The molecular weight excluding hydrogens is 452 g/mol. The highest BCUT2D eigenvalue weighted by molar-refractivity contribution is 6.30. The number of alkyl halides is 2. The topological polar surface area (TPSA) is 118 Å². The number of likely N-dealkylation sites (tertiary alicyclic amines) is 1. The lowest BCUT2D eigenvalue weighted by molar-refractivity contribution is -0.286. The van der Waals surface area contributed by atoms with Crippen LogP contribution in [0.5, 0.6) is 11.5 Å². The third kappa shape index (κ3) is 5.22. The number of pyridine rings is 1. The van der Waals surface area contributed by atoms with E-state index in [0.29, 0.717) is 15.5 Å². The third-order valence-electron chi connectivity index (χ3n) is 4.56. The number of urea groups is 1. The number of nitrogens with one attached hydrogen (secondary N) is 1. The molecule has 3 amide bonds. The highest BCUT2D eigenvalue weighted by atomic mass is 35.5. The molecule has 0 spiro atoms. The van der Waals surface area contributed by atoms with Crippen LogP contribution in [0.25, 0.3) is 0 Å². The first-order valence-electron chi connectivity index (χ1n) is 9.29. The van der Waals surface area contributed by atoms with Crippen molar-refractivity contribution in [1.82, 2.24) is 15.2 Å². The van der Waals surface area contributed by atoms with Crippen LogP contribution in [0.15, 0.2) is 36.7 Å². The molecule has 9 nitrogen and oxygen atoms in total. The second kappa shape index (κ2) is 8.95. The van der Waals surface area contributed by atoms with Crippen LogP contribution >= 0.6 is 11.6 Å². The molecule has 1 aromatic heterocycles. The van der Waals surface area contributed by atoms with Crippen LogP contribution in [0.1, 0.15) is 30.5 Å². The lowest BCUT2D eigenvalue weighted by Gasteiger charge is -2.36. The van der Waals surface area contributed by atoms with Crippen LogP contribution in [-0.4, -0.2) is 45.2 Å². The lowest BCUT2D eigenvalue weighted by atomic mass is 10.0. The molecule has 32 heavy (non-hydrogen) atoms. The van der Waals surface area contributed by atoms with E-state index in [1.54, 1.807) is 19.3 Å². The number of benzene rings is 1. The summed E-state index contributed by atoms with van der Waals surface area (Å²) in [6.07, 6.45) is -0.594. The molecule has 0 saturated carbocycles. The molecule has 1 unspecified atom stereocenters. The van der Waals surface area contributed by atoms with Gasteiger partial charge < -0.3 is 19.9 Å². The van der Waals surface area contributed by atoms with E-state index in [9.17, 15) is 23.2 Å². The SMILES string of the molecule is CC(NC(=O)N1C(=O)C[C@H]1C(=O)O)c1ccc2c(c1)OC(F)(F)O2.Cc1cncc(Cl)c1. The Bertz CT molecular complexity index is 1050. The van der Waals surface area contributed by atoms with E-state index in [2.05, 4.69) is 19.8 Å². The lowest BCUT2D eigenvalue weighted by Crippen LogP contribution is -2.61. The van der Waals surface area contributed by atoms with Gasteiger partial charge in [0.1, 0.15) is 6.04 Å². The minimum Gasteiger partial charge on any atom is -0.480 e. The van der Waals surface area contributed by atoms with Crippen LogP contribution in [-0.2, 0) is 9.59 Å². The van der Waals surface area contributed by atoms with Gasteiger partial charge in [-0.1, -0.05) is 17.7 Å². The molecule has 3 heterocycles. The van der Waals surface area contributed by atoms with Crippen LogP contribution in [0.2, 0.25) is 5.02 Å². The van der Waals surface area contributed by atoms with Crippen molar-refractivity contribution in [3.05, 3.63) is 52.8 Å². The number of carbonyl (C=O) groups excluding carboxylic acids is 2. The van der Waals surface area contributed by atoms with Crippen molar-refractivity contribution in [2.45, 2.75) is 38.6 Å². The highest BCUT2D eigenvalue weighted by Crippen LogP contribution is 2.42. The summed E-state index contributed by atoms with van der Waals surface area (Å²) in [6, 6.07) is 3.12. The zero-order valence-corrected chi connectivity index (χ0v) is 17.6. The van der Waals surface area contributed by atoms with E-state index in [-0.39, 0.29) is 17.9 Å². The Balaban J connectivity index is 0.000000305. The molecule has 1 fully saturated rings. The number of fused-ring (bicyclic) bond motifs is 1. The molecule has 2 atom stereocenters. The third-order valence-corrected chi connectivity index (χ3v) is 4.77. The minimum absolute atomic E-state index is 0.133. The summed E-state index contributed by atoms with van der Waals surface area (Å²) < 4.78 is 34.6. The standard InChI is InChI=1S/C14H12F2N2O6.C6H6ClN/c1-6(17-13(22)18-8(12(20)21)5-11(18)19)7-2-3-9-10(4-7)24-14(15,16)23-9;1-5-2-6(7)4-8-3-5/h2-4,6,8H,5H2,1H3,(H,17,22)(H,20,21);2-4H,1H3/t6?,8-;/m0./s1. The maximum absolute atomic E-state index is 13.0. The fraction of sp³-hybridized carbons (Fsp3) is 0.300. The number of hydrogen-bond donors (Lipinski definition) is 2. The van der Waals surface area contributed by atoms with Gasteiger partial charge in [-0.2, -0.15) is 0 Å². The molecule has 1 aromatic carbocycles. The van der Waals surface area contributed by atoms with Crippen LogP contribution < -0.4 is 14.8 Å². The average molecular weight is 470 g/mol. The normalized spacial score (nSPS) is 18.7. The number of ether oxygens (including phenoxy) is 2. The van der Waals surface area contributed by atoms with E-state index in [1.807, 2.05) is 13.0 Å². The van der Waals surface area contributed by atoms with Gasteiger partial charge in [-0.15, -0.1) is 8.78 Å². The molecule has 170 valence electrons. The Morgan fingerprint density at radius 3 is 2.53 bits per heavy atom. The van der Waals surface area contributed by atoms with E-state index in [1.165, 1.54) is 18.2 Å². The monoisotopic (exact) mass is 469 g/mol. The Labute approximate surface area is 185 Å². The summed E-state index contributed by atoms with van der Waals surface area (Å²) in [4.78, 5) is 38.8. The van der Waals surface area contributed by atoms with Gasteiger partial charge in [-0.3, -0.25) is 9.78 Å². The van der Waals surface area contributed by atoms with E-state index in [4.69, 9.17) is 16.7 Å². The summed E-state index contributed by atoms with van der Waals surface area (Å²) in [5.74, 6) is -2.19. The zero-order valence-electron chi connectivity index (χ0n) is 16.8. The van der Waals surface area contributed by atoms with Gasteiger partial charge in [0.05, 0.1) is 17.5 Å². The molecular formula is C20H18ClF2N3O6. The van der Waals surface area contributed by atoms with Crippen molar-refractivity contribution >= 4 is 29.5 Å². The van der Waals surface area contributed by atoms with Gasteiger partial charge >= 0.3 is 18.3 Å². The number of carboxylic acids is 1.